The summed E-state index contributed by atoms with van der Waals surface area (Å²) < 4.78 is 11.5. The zero-order valence-corrected chi connectivity index (χ0v) is 25.9. The maximum absolute atomic E-state index is 5.78. The smallest absolute Gasteiger partial charge is 0.0644 e. The van der Waals surface area contributed by atoms with Crippen molar-refractivity contribution in [1.29, 1.82) is 0 Å². The predicted octanol–water partition coefficient (Wildman–Crippen LogP) is 10.6. The number of para-hydroxylation sites is 2. The van der Waals surface area contributed by atoms with Gasteiger partial charge in [-0.1, -0.05) is 73.5 Å². The number of nitrogens with one attached hydrogen (secondary N) is 2. The van der Waals surface area contributed by atoms with Crippen LogP contribution in [0.1, 0.15) is 56.1 Å². The summed E-state index contributed by atoms with van der Waals surface area (Å²) in [5, 5.41) is 7.32. The van der Waals surface area contributed by atoms with E-state index in [2.05, 4.69) is 121 Å². The van der Waals surface area contributed by atoms with E-state index in [1.54, 1.807) is 0 Å². The number of unbranched alkanes of at least 4 members (excludes halogenated alkanes) is 3. The van der Waals surface area contributed by atoms with Gasteiger partial charge in [0.15, 0.2) is 0 Å². The first-order valence-electron chi connectivity index (χ1n) is 16.0. The van der Waals surface area contributed by atoms with Gasteiger partial charge in [0.2, 0.25) is 0 Å². The van der Waals surface area contributed by atoms with Crippen molar-refractivity contribution in [3.05, 3.63) is 133 Å². The third-order valence-corrected chi connectivity index (χ3v) is 8.49. The molecule has 0 atom stereocenters. The van der Waals surface area contributed by atoms with Crippen molar-refractivity contribution in [2.45, 2.75) is 50.4 Å². The fourth-order valence-corrected chi connectivity index (χ4v) is 6.46. The van der Waals surface area contributed by atoms with Crippen molar-refractivity contribution in [1.82, 2.24) is 0 Å². The Kier molecular flexibility index (Phi) is 11.5. The Labute approximate surface area is 263 Å². The zero-order valence-electron chi connectivity index (χ0n) is 25.9. The van der Waals surface area contributed by atoms with Gasteiger partial charge in [0.25, 0.3) is 0 Å². The van der Waals surface area contributed by atoms with E-state index in [0.29, 0.717) is 13.2 Å². The topological polar surface area (TPSA) is 42.5 Å². The summed E-state index contributed by atoms with van der Waals surface area (Å²) in [4.78, 5) is 0. The second-order valence-corrected chi connectivity index (χ2v) is 11.6. The molecule has 2 N–H and O–H groups in total. The molecule has 0 saturated heterocycles. The van der Waals surface area contributed by atoms with Gasteiger partial charge in [-0.05, 0) is 103 Å². The largest absolute Gasteiger partial charge is 0.377 e. The van der Waals surface area contributed by atoms with E-state index in [0.717, 1.165) is 80.9 Å². The second kappa shape index (κ2) is 16.1. The van der Waals surface area contributed by atoms with Gasteiger partial charge in [-0.2, -0.15) is 0 Å². The molecule has 0 heterocycles. The summed E-state index contributed by atoms with van der Waals surface area (Å²) in [6, 6.07) is 34.8. The molecule has 5 rings (SSSR count). The molecular weight excluding hydrogens is 540 g/mol. The highest BCUT2D eigenvalue weighted by atomic mass is 16.5. The van der Waals surface area contributed by atoms with Crippen LogP contribution in [0.2, 0.25) is 0 Å². The van der Waals surface area contributed by atoms with Crippen LogP contribution in [0, 0.1) is 0 Å². The summed E-state index contributed by atoms with van der Waals surface area (Å²) in [6.07, 6.45) is 11.3. The molecule has 4 heteroatoms. The van der Waals surface area contributed by atoms with Gasteiger partial charge in [-0.15, -0.1) is 13.2 Å². The molecule has 0 unspecified atom stereocenters. The second-order valence-electron chi connectivity index (χ2n) is 11.6. The molecule has 0 aromatic heterocycles. The number of hydrogen-bond donors (Lipinski definition) is 2. The molecule has 0 amide bonds. The molecule has 0 radical (unpaired) electrons. The fraction of sp³-hybridized carbons (Fsp3) is 0.300. The molecule has 1 aliphatic carbocycles. The Hall–Kier alpha value is -4.12. The molecule has 4 nitrogen and oxygen atoms in total. The van der Waals surface area contributed by atoms with Crippen LogP contribution in [0.4, 0.5) is 22.7 Å². The highest BCUT2D eigenvalue weighted by Gasteiger charge is 2.42. The predicted molar refractivity (Wildman–Crippen MR) is 186 cm³/mol. The lowest BCUT2D eigenvalue weighted by Gasteiger charge is -2.33. The molecular formula is C40H46N2O2. The minimum Gasteiger partial charge on any atom is -0.377 e. The highest BCUT2D eigenvalue weighted by molar-refractivity contribution is 5.85. The Balaban J connectivity index is 1.49. The Morgan fingerprint density at radius 2 is 0.977 bits per heavy atom. The molecule has 1 aliphatic rings. The summed E-state index contributed by atoms with van der Waals surface area (Å²) in [7, 11) is 0. The van der Waals surface area contributed by atoms with Crippen LogP contribution in [0.5, 0.6) is 0 Å². The van der Waals surface area contributed by atoms with Crippen molar-refractivity contribution in [2.75, 3.05) is 37.1 Å². The normalized spacial score (nSPS) is 12.7. The number of anilines is 4. The van der Waals surface area contributed by atoms with Crippen LogP contribution in [0.25, 0.3) is 11.1 Å². The van der Waals surface area contributed by atoms with E-state index in [1.165, 1.54) is 22.3 Å². The molecule has 228 valence electrons. The lowest BCUT2D eigenvalue weighted by Crippen LogP contribution is -2.26. The number of fused-ring (bicyclic) bond motifs is 3. The Morgan fingerprint density at radius 1 is 0.523 bits per heavy atom. The van der Waals surface area contributed by atoms with E-state index in [4.69, 9.17) is 9.47 Å². The van der Waals surface area contributed by atoms with Crippen LogP contribution in [-0.2, 0) is 14.9 Å². The Bertz CT molecular complexity index is 1390. The molecule has 0 saturated carbocycles. The van der Waals surface area contributed by atoms with E-state index in [-0.39, 0.29) is 5.41 Å². The van der Waals surface area contributed by atoms with Gasteiger partial charge in [0.1, 0.15) is 0 Å². The number of hydrogen-bond acceptors (Lipinski definition) is 4. The first kappa shape index (κ1) is 31.3. The third-order valence-electron chi connectivity index (χ3n) is 8.49. The monoisotopic (exact) mass is 586 g/mol. The van der Waals surface area contributed by atoms with E-state index in [1.807, 2.05) is 12.2 Å². The number of benzene rings is 4. The number of ether oxygens (including phenoxy) is 2. The molecule has 0 aliphatic heterocycles. The van der Waals surface area contributed by atoms with Crippen molar-refractivity contribution < 1.29 is 9.47 Å². The van der Waals surface area contributed by atoms with Crippen LogP contribution in [0.3, 0.4) is 0 Å². The molecule has 44 heavy (non-hydrogen) atoms. The Morgan fingerprint density at radius 3 is 1.45 bits per heavy atom. The molecule has 0 bridgehead atoms. The van der Waals surface area contributed by atoms with E-state index >= 15 is 0 Å². The maximum atomic E-state index is 5.78. The lowest BCUT2D eigenvalue weighted by atomic mass is 9.70. The zero-order chi connectivity index (χ0) is 30.5. The molecule has 0 fully saturated rings. The van der Waals surface area contributed by atoms with Gasteiger partial charge in [-0.3, -0.25) is 0 Å². The summed E-state index contributed by atoms with van der Waals surface area (Å²) in [5.41, 5.74) is 9.92. The first-order valence-corrected chi connectivity index (χ1v) is 16.0. The van der Waals surface area contributed by atoms with Gasteiger partial charge < -0.3 is 20.1 Å². The SMILES string of the molecule is C=CCOCCCCCC1(CCCCOCC=C)c2cc(Nc3ccccc3)ccc2-c2ccc(Nc3ccccc3)cc21. The average molecular weight is 587 g/mol. The maximum Gasteiger partial charge on any atom is 0.0644 e. The minimum atomic E-state index is -0.0895. The standard InChI is InChI=1S/C40H46N2O2/c1-3-26-43-28-14-7-12-24-40(25-13-15-29-44-27-4-2)38-30-34(41-32-16-8-5-9-17-32)20-22-36(38)37-23-21-35(31-39(37)40)42-33-18-10-6-11-19-33/h3-6,8-11,16-23,30-31,41-42H,1-2,7,12-15,24-29H2. The summed E-state index contributed by atoms with van der Waals surface area (Å²) in [6.45, 7) is 10.3. The van der Waals surface area contributed by atoms with Crippen LogP contribution in [-0.4, -0.2) is 26.4 Å². The minimum absolute atomic E-state index is 0.0895. The highest BCUT2D eigenvalue weighted by Crippen LogP contribution is 2.55. The summed E-state index contributed by atoms with van der Waals surface area (Å²) >= 11 is 0. The van der Waals surface area contributed by atoms with Gasteiger partial charge >= 0.3 is 0 Å². The van der Waals surface area contributed by atoms with Crippen molar-refractivity contribution >= 4 is 22.7 Å². The van der Waals surface area contributed by atoms with E-state index in [9.17, 15) is 0 Å². The summed E-state index contributed by atoms with van der Waals surface area (Å²) in [5.74, 6) is 0. The van der Waals surface area contributed by atoms with Gasteiger partial charge in [0.05, 0.1) is 13.2 Å². The van der Waals surface area contributed by atoms with Crippen LogP contribution in [0.15, 0.2) is 122 Å². The fourth-order valence-electron chi connectivity index (χ4n) is 6.46. The molecule has 4 aromatic rings. The van der Waals surface area contributed by atoms with Crippen LogP contribution < -0.4 is 10.6 Å². The lowest BCUT2D eigenvalue weighted by molar-refractivity contribution is 0.154. The average Bonchev–Trinajstić information content (AvgIpc) is 3.31. The quantitative estimate of drug-likeness (QED) is 0.0847. The molecule has 4 aromatic carbocycles. The van der Waals surface area contributed by atoms with Crippen molar-refractivity contribution in [3.63, 3.8) is 0 Å². The van der Waals surface area contributed by atoms with Gasteiger partial charge in [-0.25, -0.2) is 0 Å². The van der Waals surface area contributed by atoms with Crippen LogP contribution >= 0.6 is 0 Å². The van der Waals surface area contributed by atoms with E-state index < -0.39 is 0 Å². The third kappa shape index (κ3) is 7.88. The number of rotatable bonds is 19. The van der Waals surface area contributed by atoms with Crippen molar-refractivity contribution in [2.24, 2.45) is 0 Å². The molecule has 0 spiro atoms. The first-order chi connectivity index (χ1) is 21.7. The van der Waals surface area contributed by atoms with Gasteiger partial charge in [0, 0.05) is 41.4 Å². The van der Waals surface area contributed by atoms with Crippen molar-refractivity contribution in [3.8, 4) is 11.1 Å².